The lowest BCUT2D eigenvalue weighted by Gasteiger charge is -2.13. The minimum Gasteiger partial charge on any atom is -0.371 e. The van der Waals surface area contributed by atoms with Gasteiger partial charge >= 0.3 is 0 Å². The predicted octanol–water partition coefficient (Wildman–Crippen LogP) is 3.38. The van der Waals surface area contributed by atoms with Crippen molar-refractivity contribution in [1.29, 1.82) is 0 Å². The maximum atomic E-state index is 11.9. The first-order valence-electron chi connectivity index (χ1n) is 5.56. The number of carbonyl (C=O) groups excluding carboxylic acids is 1. The van der Waals surface area contributed by atoms with Crippen molar-refractivity contribution in [1.82, 2.24) is 0 Å². The Kier molecular flexibility index (Phi) is 5.71. The van der Waals surface area contributed by atoms with E-state index in [-0.39, 0.29) is 11.9 Å². The topological polar surface area (TPSA) is 26.3 Å². The van der Waals surface area contributed by atoms with Crippen LogP contribution in [0.25, 0.3) is 0 Å². The Bertz CT molecular complexity index is 350. The SMILES string of the molecule is CCOC(CC)C(=O)Cc1cccc(Br)c1. The van der Waals surface area contributed by atoms with Gasteiger partial charge < -0.3 is 4.74 Å². The zero-order valence-corrected chi connectivity index (χ0v) is 11.3. The van der Waals surface area contributed by atoms with Crippen LogP contribution in [0.1, 0.15) is 25.8 Å². The number of rotatable bonds is 6. The fourth-order valence-electron chi connectivity index (χ4n) is 1.60. The maximum Gasteiger partial charge on any atom is 0.165 e. The molecule has 0 fully saturated rings. The number of ketones is 1. The molecule has 1 aromatic carbocycles. The highest BCUT2D eigenvalue weighted by Crippen LogP contribution is 2.13. The smallest absolute Gasteiger partial charge is 0.165 e. The zero-order chi connectivity index (χ0) is 12.0. The molecule has 0 aliphatic carbocycles. The van der Waals surface area contributed by atoms with Gasteiger partial charge in [-0.1, -0.05) is 35.0 Å². The molecule has 0 bridgehead atoms. The molecular weight excluding hydrogens is 268 g/mol. The van der Waals surface area contributed by atoms with Crippen LogP contribution in [0.15, 0.2) is 28.7 Å². The second kappa shape index (κ2) is 6.81. The van der Waals surface area contributed by atoms with Crippen molar-refractivity contribution in [2.24, 2.45) is 0 Å². The third kappa shape index (κ3) is 4.06. The van der Waals surface area contributed by atoms with E-state index >= 15 is 0 Å². The van der Waals surface area contributed by atoms with Gasteiger partial charge in [-0.2, -0.15) is 0 Å². The first-order chi connectivity index (χ1) is 7.67. The van der Waals surface area contributed by atoms with E-state index in [9.17, 15) is 4.79 Å². The first-order valence-corrected chi connectivity index (χ1v) is 6.35. The summed E-state index contributed by atoms with van der Waals surface area (Å²) < 4.78 is 6.40. The van der Waals surface area contributed by atoms with E-state index in [1.165, 1.54) is 0 Å². The molecule has 0 aromatic heterocycles. The van der Waals surface area contributed by atoms with Crippen LogP contribution in [0.5, 0.6) is 0 Å². The number of halogens is 1. The molecule has 16 heavy (non-hydrogen) atoms. The molecule has 1 unspecified atom stereocenters. The predicted molar refractivity (Wildman–Crippen MR) is 68.6 cm³/mol. The van der Waals surface area contributed by atoms with E-state index in [0.29, 0.717) is 13.0 Å². The Morgan fingerprint density at radius 1 is 1.44 bits per heavy atom. The van der Waals surface area contributed by atoms with Gasteiger partial charge in [0.2, 0.25) is 0 Å². The monoisotopic (exact) mass is 284 g/mol. The van der Waals surface area contributed by atoms with Crippen LogP contribution in [0, 0.1) is 0 Å². The summed E-state index contributed by atoms with van der Waals surface area (Å²) >= 11 is 3.39. The van der Waals surface area contributed by atoms with Crippen molar-refractivity contribution in [2.45, 2.75) is 32.8 Å². The Morgan fingerprint density at radius 2 is 2.19 bits per heavy atom. The van der Waals surface area contributed by atoms with E-state index in [4.69, 9.17) is 4.74 Å². The summed E-state index contributed by atoms with van der Waals surface area (Å²) in [7, 11) is 0. The van der Waals surface area contributed by atoms with Crippen molar-refractivity contribution < 1.29 is 9.53 Å². The molecule has 1 rings (SSSR count). The number of hydrogen-bond acceptors (Lipinski definition) is 2. The van der Waals surface area contributed by atoms with E-state index in [1.54, 1.807) is 0 Å². The van der Waals surface area contributed by atoms with Gasteiger partial charge in [-0.3, -0.25) is 4.79 Å². The molecule has 1 aromatic rings. The van der Waals surface area contributed by atoms with E-state index in [1.807, 2.05) is 38.1 Å². The highest BCUT2D eigenvalue weighted by Gasteiger charge is 2.16. The Balaban J connectivity index is 2.62. The molecule has 0 amide bonds. The van der Waals surface area contributed by atoms with Crippen LogP contribution in [-0.4, -0.2) is 18.5 Å². The van der Waals surface area contributed by atoms with E-state index < -0.39 is 0 Å². The van der Waals surface area contributed by atoms with Crippen molar-refractivity contribution >= 4 is 21.7 Å². The molecule has 0 heterocycles. The number of hydrogen-bond donors (Lipinski definition) is 0. The summed E-state index contributed by atoms with van der Waals surface area (Å²) in [5.74, 6) is 0.155. The van der Waals surface area contributed by atoms with Crippen LogP contribution < -0.4 is 0 Å². The highest BCUT2D eigenvalue weighted by molar-refractivity contribution is 9.10. The third-order valence-corrected chi connectivity index (χ3v) is 2.86. The minimum atomic E-state index is -0.260. The molecule has 0 aliphatic rings. The highest BCUT2D eigenvalue weighted by atomic mass is 79.9. The van der Waals surface area contributed by atoms with Crippen molar-refractivity contribution in [2.75, 3.05) is 6.61 Å². The van der Waals surface area contributed by atoms with Gasteiger partial charge in [0.15, 0.2) is 5.78 Å². The van der Waals surface area contributed by atoms with Crippen LogP contribution in [-0.2, 0) is 16.0 Å². The third-order valence-electron chi connectivity index (χ3n) is 2.37. The van der Waals surface area contributed by atoms with Crippen molar-refractivity contribution in [3.63, 3.8) is 0 Å². The summed E-state index contributed by atoms with van der Waals surface area (Å²) in [5.41, 5.74) is 1.03. The lowest BCUT2D eigenvalue weighted by Crippen LogP contribution is -2.25. The van der Waals surface area contributed by atoms with E-state index in [0.717, 1.165) is 16.5 Å². The molecule has 3 heteroatoms. The van der Waals surface area contributed by atoms with Crippen molar-refractivity contribution in [3.05, 3.63) is 34.3 Å². The summed E-state index contributed by atoms with van der Waals surface area (Å²) in [6, 6.07) is 7.82. The van der Waals surface area contributed by atoms with Crippen molar-refractivity contribution in [3.8, 4) is 0 Å². The Hall–Kier alpha value is -0.670. The number of carbonyl (C=O) groups is 1. The summed E-state index contributed by atoms with van der Waals surface area (Å²) in [5, 5.41) is 0. The molecule has 0 spiro atoms. The maximum absolute atomic E-state index is 11.9. The minimum absolute atomic E-state index is 0.155. The Labute approximate surface area is 105 Å². The van der Waals surface area contributed by atoms with Gasteiger partial charge in [-0.15, -0.1) is 0 Å². The van der Waals surface area contributed by atoms with E-state index in [2.05, 4.69) is 15.9 Å². The summed E-state index contributed by atoms with van der Waals surface area (Å²) in [6.07, 6.45) is 0.919. The van der Waals surface area contributed by atoms with Gasteiger partial charge in [-0.25, -0.2) is 0 Å². The lowest BCUT2D eigenvalue weighted by atomic mass is 10.0. The largest absolute Gasteiger partial charge is 0.371 e. The summed E-state index contributed by atoms with van der Waals surface area (Å²) in [4.78, 5) is 11.9. The molecule has 2 nitrogen and oxygen atoms in total. The fourth-order valence-corrected chi connectivity index (χ4v) is 2.05. The van der Waals surface area contributed by atoms with Gasteiger partial charge in [0.1, 0.15) is 6.10 Å². The molecule has 0 N–H and O–H groups in total. The number of benzene rings is 1. The number of Topliss-reactive ketones (excluding diaryl/α,β-unsaturated/α-hetero) is 1. The normalized spacial score (nSPS) is 12.4. The van der Waals surface area contributed by atoms with Gasteiger partial charge in [-0.05, 0) is 31.0 Å². The quantitative estimate of drug-likeness (QED) is 0.801. The summed E-state index contributed by atoms with van der Waals surface area (Å²) in [6.45, 7) is 4.47. The molecule has 0 radical (unpaired) electrons. The molecule has 0 saturated carbocycles. The van der Waals surface area contributed by atoms with Crippen LogP contribution in [0.2, 0.25) is 0 Å². The van der Waals surface area contributed by atoms with Gasteiger partial charge in [0.05, 0.1) is 0 Å². The second-order valence-electron chi connectivity index (χ2n) is 3.63. The van der Waals surface area contributed by atoms with Gasteiger partial charge in [0, 0.05) is 17.5 Å². The molecule has 1 atom stereocenters. The molecular formula is C13H17BrO2. The van der Waals surface area contributed by atoms with Crippen LogP contribution >= 0.6 is 15.9 Å². The Morgan fingerprint density at radius 3 is 2.75 bits per heavy atom. The van der Waals surface area contributed by atoms with Gasteiger partial charge in [0.25, 0.3) is 0 Å². The second-order valence-corrected chi connectivity index (χ2v) is 4.54. The van der Waals surface area contributed by atoms with Crippen LogP contribution in [0.4, 0.5) is 0 Å². The average molecular weight is 285 g/mol. The lowest BCUT2D eigenvalue weighted by molar-refractivity contribution is -0.129. The molecule has 0 aliphatic heterocycles. The zero-order valence-electron chi connectivity index (χ0n) is 9.70. The molecule has 0 saturated heterocycles. The molecule has 88 valence electrons. The standard InChI is InChI=1S/C13H17BrO2/c1-3-13(16-4-2)12(15)9-10-6-5-7-11(14)8-10/h5-8,13H,3-4,9H2,1-2H3. The number of ether oxygens (including phenoxy) is 1. The average Bonchev–Trinajstić information content (AvgIpc) is 2.25. The fraction of sp³-hybridized carbons (Fsp3) is 0.462. The van der Waals surface area contributed by atoms with Crippen LogP contribution in [0.3, 0.4) is 0 Å². The first kappa shape index (κ1) is 13.4.